The van der Waals surface area contributed by atoms with Crippen molar-refractivity contribution in [2.75, 3.05) is 25.0 Å². The number of carbonyl (C=O) groups excluding carboxylic acids is 2. The molecule has 3 aromatic carbocycles. The molecule has 8 nitrogen and oxygen atoms in total. The van der Waals surface area contributed by atoms with Gasteiger partial charge < -0.3 is 15.0 Å². The molecule has 0 heterocycles. The van der Waals surface area contributed by atoms with Crippen molar-refractivity contribution in [3.8, 4) is 5.75 Å². The molecule has 0 saturated heterocycles. The van der Waals surface area contributed by atoms with Crippen LogP contribution in [-0.2, 0) is 26.2 Å². The second-order valence-electron chi connectivity index (χ2n) is 8.67. The summed E-state index contributed by atoms with van der Waals surface area (Å²) in [7, 11) is -1.17. The molecule has 0 aliphatic heterocycles. The molecule has 38 heavy (non-hydrogen) atoms. The number of hydrogen-bond donors (Lipinski definition) is 1. The fourth-order valence-electron chi connectivity index (χ4n) is 4.01. The number of halogens is 1. The highest BCUT2D eigenvalue weighted by Gasteiger charge is 2.33. The molecule has 0 spiro atoms. The number of ether oxygens (including phenoxy) is 1. The Morgan fingerprint density at radius 2 is 1.63 bits per heavy atom. The van der Waals surface area contributed by atoms with Crippen molar-refractivity contribution in [2.45, 2.75) is 37.8 Å². The molecule has 3 aromatic rings. The lowest BCUT2D eigenvalue weighted by molar-refractivity contribution is -0.140. The number of sulfonamides is 1. The van der Waals surface area contributed by atoms with E-state index in [9.17, 15) is 18.0 Å². The summed E-state index contributed by atoms with van der Waals surface area (Å²) in [5.74, 6) is -0.393. The van der Waals surface area contributed by atoms with Crippen molar-refractivity contribution in [2.24, 2.45) is 0 Å². The average Bonchev–Trinajstić information content (AvgIpc) is 2.92. The molecular weight excluding hydrogens is 526 g/mol. The number of anilines is 1. The van der Waals surface area contributed by atoms with Gasteiger partial charge >= 0.3 is 0 Å². The van der Waals surface area contributed by atoms with Crippen LogP contribution in [0.25, 0.3) is 0 Å². The van der Waals surface area contributed by atoms with Crippen LogP contribution in [0.2, 0.25) is 5.02 Å². The number of benzene rings is 3. The predicted molar refractivity (Wildman–Crippen MR) is 149 cm³/mol. The van der Waals surface area contributed by atoms with Crippen LogP contribution in [0.15, 0.2) is 77.7 Å². The minimum Gasteiger partial charge on any atom is -0.497 e. The van der Waals surface area contributed by atoms with Crippen LogP contribution in [-0.4, -0.2) is 51.9 Å². The first-order valence-corrected chi connectivity index (χ1v) is 13.9. The van der Waals surface area contributed by atoms with Gasteiger partial charge in [-0.05, 0) is 61.4 Å². The Bertz CT molecular complexity index is 1360. The number of carbonyl (C=O) groups is 2. The van der Waals surface area contributed by atoms with E-state index in [0.29, 0.717) is 28.4 Å². The van der Waals surface area contributed by atoms with Gasteiger partial charge in [0.05, 0.1) is 17.7 Å². The zero-order chi connectivity index (χ0) is 27.9. The first-order valence-electron chi connectivity index (χ1n) is 12.1. The molecule has 0 radical (unpaired) electrons. The number of nitrogens with one attached hydrogen (secondary N) is 1. The molecule has 1 atom stereocenters. The summed E-state index contributed by atoms with van der Waals surface area (Å²) in [4.78, 5) is 28.0. The number of nitrogens with zero attached hydrogens (tertiary/aromatic N) is 2. The maximum Gasteiger partial charge on any atom is 0.264 e. The second kappa shape index (κ2) is 12.8. The summed E-state index contributed by atoms with van der Waals surface area (Å²) in [5, 5.41) is 3.04. The number of methoxy groups -OCH3 is 1. The van der Waals surface area contributed by atoms with E-state index in [2.05, 4.69) is 5.32 Å². The van der Waals surface area contributed by atoms with Crippen LogP contribution in [0.3, 0.4) is 0 Å². The standard InChI is InChI=1S/C28H32ClN3O5S/c1-5-26(28(34)30-3)31(18-21-8-6-7-9-25(21)29)27(33)19-32(22-12-10-20(2)11-13-22)38(35,36)24-16-14-23(37-4)15-17-24/h6-17,26H,5,18-19H2,1-4H3,(H,30,34). The first kappa shape index (κ1) is 29.0. The van der Waals surface area contributed by atoms with Gasteiger partial charge in [-0.2, -0.15) is 0 Å². The van der Waals surface area contributed by atoms with Crippen LogP contribution in [0.4, 0.5) is 5.69 Å². The van der Waals surface area contributed by atoms with Gasteiger partial charge in [0.1, 0.15) is 18.3 Å². The first-order chi connectivity index (χ1) is 18.1. The zero-order valence-electron chi connectivity index (χ0n) is 21.8. The second-order valence-corrected chi connectivity index (χ2v) is 10.9. The molecule has 0 fully saturated rings. The van der Waals surface area contributed by atoms with Gasteiger partial charge in [0, 0.05) is 18.6 Å². The molecule has 10 heteroatoms. The van der Waals surface area contributed by atoms with Gasteiger partial charge in [-0.3, -0.25) is 13.9 Å². The Morgan fingerprint density at radius 1 is 1.00 bits per heavy atom. The highest BCUT2D eigenvalue weighted by Crippen LogP contribution is 2.27. The zero-order valence-corrected chi connectivity index (χ0v) is 23.4. The summed E-state index contributed by atoms with van der Waals surface area (Å²) in [5.41, 5.74) is 1.91. The number of likely N-dealkylation sites (N-methyl/N-ethyl adjacent to an activating group) is 1. The van der Waals surface area contributed by atoms with Crippen LogP contribution >= 0.6 is 11.6 Å². The summed E-state index contributed by atoms with van der Waals surface area (Å²) >= 11 is 6.37. The van der Waals surface area contributed by atoms with E-state index in [4.69, 9.17) is 16.3 Å². The van der Waals surface area contributed by atoms with Gasteiger partial charge in [0.2, 0.25) is 11.8 Å². The monoisotopic (exact) mass is 557 g/mol. The Morgan fingerprint density at radius 3 is 2.18 bits per heavy atom. The van der Waals surface area contributed by atoms with Crippen molar-refractivity contribution >= 4 is 39.1 Å². The average molecular weight is 558 g/mol. The highest BCUT2D eigenvalue weighted by molar-refractivity contribution is 7.92. The van der Waals surface area contributed by atoms with Crippen molar-refractivity contribution in [1.29, 1.82) is 0 Å². The fraction of sp³-hybridized carbons (Fsp3) is 0.286. The molecule has 1 N–H and O–H groups in total. The van der Waals surface area contributed by atoms with E-state index in [-0.39, 0.29) is 17.3 Å². The maximum absolute atomic E-state index is 13.9. The van der Waals surface area contributed by atoms with Crippen LogP contribution in [0.5, 0.6) is 5.75 Å². The van der Waals surface area contributed by atoms with E-state index in [1.807, 2.05) is 6.92 Å². The topological polar surface area (TPSA) is 96.0 Å². The molecule has 0 aliphatic rings. The molecule has 0 bridgehead atoms. The number of amides is 2. The summed E-state index contributed by atoms with van der Waals surface area (Å²) in [6.45, 7) is 3.19. The fourth-order valence-corrected chi connectivity index (χ4v) is 5.62. The number of rotatable bonds is 11. The van der Waals surface area contributed by atoms with Gasteiger partial charge in [0.15, 0.2) is 0 Å². The van der Waals surface area contributed by atoms with Crippen molar-refractivity contribution in [3.63, 3.8) is 0 Å². The lowest BCUT2D eigenvalue weighted by Crippen LogP contribution is -2.51. The molecule has 0 aromatic heterocycles. The van der Waals surface area contributed by atoms with Crippen LogP contribution in [0.1, 0.15) is 24.5 Å². The quantitative estimate of drug-likeness (QED) is 0.377. The van der Waals surface area contributed by atoms with Crippen LogP contribution < -0.4 is 14.4 Å². The maximum atomic E-state index is 13.9. The van der Waals surface area contributed by atoms with Gasteiger partial charge in [-0.15, -0.1) is 0 Å². The van der Waals surface area contributed by atoms with E-state index in [0.717, 1.165) is 9.87 Å². The highest BCUT2D eigenvalue weighted by atomic mass is 35.5. The lowest BCUT2D eigenvalue weighted by Gasteiger charge is -2.33. The van der Waals surface area contributed by atoms with Crippen molar-refractivity contribution < 1.29 is 22.7 Å². The molecule has 2 amide bonds. The van der Waals surface area contributed by atoms with E-state index in [1.54, 1.807) is 67.6 Å². The summed E-state index contributed by atoms with van der Waals surface area (Å²) in [6, 6.07) is 19.0. The molecule has 202 valence electrons. The lowest BCUT2D eigenvalue weighted by atomic mass is 10.1. The number of aryl methyl sites for hydroxylation is 1. The Hall–Kier alpha value is -3.56. The smallest absolute Gasteiger partial charge is 0.264 e. The van der Waals surface area contributed by atoms with Gasteiger partial charge in [-0.1, -0.05) is 54.4 Å². The Kier molecular flexibility index (Phi) is 9.77. The van der Waals surface area contributed by atoms with E-state index < -0.39 is 28.5 Å². The molecule has 0 aliphatic carbocycles. The Balaban J connectivity index is 2.06. The van der Waals surface area contributed by atoms with Crippen molar-refractivity contribution in [3.05, 3.63) is 88.9 Å². The molecule has 0 saturated carbocycles. The number of hydrogen-bond acceptors (Lipinski definition) is 5. The predicted octanol–water partition coefficient (Wildman–Crippen LogP) is 4.41. The van der Waals surface area contributed by atoms with E-state index >= 15 is 0 Å². The molecular formula is C28H32ClN3O5S. The normalized spacial score (nSPS) is 11.9. The summed E-state index contributed by atoms with van der Waals surface area (Å²) in [6.07, 6.45) is 0.325. The van der Waals surface area contributed by atoms with E-state index in [1.165, 1.54) is 31.2 Å². The SMILES string of the molecule is CCC(C(=O)NC)N(Cc1ccccc1Cl)C(=O)CN(c1ccc(C)cc1)S(=O)(=O)c1ccc(OC)cc1. The third-order valence-corrected chi connectivity index (χ3v) is 8.34. The molecule has 3 rings (SSSR count). The minimum absolute atomic E-state index is 0.00247. The molecule has 1 unspecified atom stereocenters. The third-order valence-electron chi connectivity index (χ3n) is 6.18. The van der Waals surface area contributed by atoms with Crippen LogP contribution in [0, 0.1) is 6.92 Å². The Labute approximate surface area is 229 Å². The van der Waals surface area contributed by atoms with Gasteiger partial charge in [-0.25, -0.2) is 8.42 Å². The van der Waals surface area contributed by atoms with Gasteiger partial charge in [0.25, 0.3) is 10.0 Å². The third kappa shape index (κ3) is 6.65. The minimum atomic E-state index is -4.16. The summed E-state index contributed by atoms with van der Waals surface area (Å²) < 4.78 is 33.9. The largest absolute Gasteiger partial charge is 0.497 e. The van der Waals surface area contributed by atoms with Crippen molar-refractivity contribution in [1.82, 2.24) is 10.2 Å².